The number of carboxylic acid groups (broad SMARTS) is 1. The van der Waals surface area contributed by atoms with Crippen molar-refractivity contribution < 1.29 is 58.2 Å². The van der Waals surface area contributed by atoms with Gasteiger partial charge in [0.1, 0.15) is 18.8 Å². The second-order valence-corrected chi connectivity index (χ2v) is 19.9. The van der Waals surface area contributed by atoms with Crippen LogP contribution >= 0.6 is 0 Å². The summed E-state index contributed by atoms with van der Waals surface area (Å²) in [7, 11) is 0. The summed E-state index contributed by atoms with van der Waals surface area (Å²) in [6.07, 6.45) is 42.8. The maximum absolute atomic E-state index is 13.1. The van der Waals surface area contributed by atoms with Crippen LogP contribution in [0.3, 0.4) is 0 Å². The molecule has 0 bridgehead atoms. The van der Waals surface area contributed by atoms with Gasteiger partial charge in [-0.05, 0) is 83.5 Å². The topological polar surface area (TPSA) is 175 Å². The van der Waals surface area contributed by atoms with Crippen LogP contribution in [0.1, 0.15) is 265 Å². The minimum Gasteiger partial charge on any atom is -0.479 e. The van der Waals surface area contributed by atoms with Crippen LogP contribution in [0.15, 0.2) is 36.5 Å². The largest absolute Gasteiger partial charge is 0.479 e. The van der Waals surface area contributed by atoms with Gasteiger partial charge in [0.25, 0.3) is 0 Å². The van der Waals surface area contributed by atoms with E-state index in [4.69, 9.17) is 23.7 Å². The normalized spacial score (nSPS) is 18.7. The molecule has 0 amide bonds. The number of carbonyl (C=O) groups is 4. The fourth-order valence-electron chi connectivity index (χ4n) is 8.62. The molecule has 1 fully saturated rings. The van der Waals surface area contributed by atoms with Gasteiger partial charge in [-0.15, -0.1) is 0 Å². The fraction of sp³-hybridized carbons (Fsp3) is 0.831. The standard InChI is InChI=1S/C59H104O12/c1-4-7-10-13-16-19-22-23-24-25-26-27-28-29-32-33-36-39-42-45-51(60)67-48-50(69-52(61)46-43-40-37-34-30-20-17-14-11-8-5-2)49-68-59-57(55(64)54(63)56(71-59)58(65)66)70-53(62)47-44-41-38-35-31-21-18-15-12-9-6-3/h14-15,17-18,23-24,50,54-57,59,63-64H,4-13,16,19-22,25-49H2,1-3H3,(H,65,66)/b17-14-,18-15-,24-23-. The molecule has 71 heavy (non-hydrogen) atoms. The molecule has 1 rings (SSSR count). The molecule has 6 unspecified atom stereocenters. The molecule has 1 aliphatic rings. The number of rotatable bonds is 49. The van der Waals surface area contributed by atoms with E-state index in [0.717, 1.165) is 96.3 Å². The van der Waals surface area contributed by atoms with Crippen molar-refractivity contribution in [1.29, 1.82) is 0 Å². The van der Waals surface area contributed by atoms with Crippen LogP contribution in [-0.2, 0) is 42.9 Å². The molecule has 12 nitrogen and oxygen atoms in total. The predicted molar refractivity (Wildman–Crippen MR) is 285 cm³/mol. The number of unbranched alkanes of at least 4 members (excludes halogenated alkanes) is 29. The van der Waals surface area contributed by atoms with Crippen LogP contribution in [0, 0.1) is 0 Å². The Bertz CT molecular complexity index is 1380. The van der Waals surface area contributed by atoms with Gasteiger partial charge in [0.05, 0.1) is 6.61 Å². The monoisotopic (exact) mass is 1000 g/mol. The van der Waals surface area contributed by atoms with Crippen LogP contribution in [0.2, 0.25) is 0 Å². The lowest BCUT2D eigenvalue weighted by molar-refractivity contribution is -0.301. The fourth-order valence-corrected chi connectivity index (χ4v) is 8.62. The highest BCUT2D eigenvalue weighted by molar-refractivity contribution is 5.74. The Morgan fingerprint density at radius 1 is 0.451 bits per heavy atom. The van der Waals surface area contributed by atoms with Gasteiger partial charge in [-0.2, -0.15) is 0 Å². The Morgan fingerprint density at radius 2 is 0.817 bits per heavy atom. The molecule has 1 aliphatic heterocycles. The summed E-state index contributed by atoms with van der Waals surface area (Å²) in [4.78, 5) is 50.9. The predicted octanol–water partition coefficient (Wildman–Crippen LogP) is 14.5. The lowest BCUT2D eigenvalue weighted by Gasteiger charge is -2.40. The molecule has 0 spiro atoms. The van der Waals surface area contributed by atoms with Crippen molar-refractivity contribution in [3.63, 3.8) is 0 Å². The smallest absolute Gasteiger partial charge is 0.335 e. The third kappa shape index (κ3) is 38.2. The van der Waals surface area contributed by atoms with Crippen molar-refractivity contribution in [1.82, 2.24) is 0 Å². The maximum atomic E-state index is 13.1. The minimum atomic E-state index is -1.90. The van der Waals surface area contributed by atoms with Gasteiger partial charge in [-0.25, -0.2) is 4.79 Å². The molecule has 0 aromatic rings. The third-order valence-corrected chi connectivity index (χ3v) is 13.2. The number of hydrogen-bond acceptors (Lipinski definition) is 11. The van der Waals surface area contributed by atoms with E-state index in [1.165, 1.54) is 109 Å². The molecule has 0 saturated carbocycles. The van der Waals surface area contributed by atoms with E-state index < -0.39 is 67.3 Å². The average Bonchev–Trinajstić information content (AvgIpc) is 3.35. The highest BCUT2D eigenvalue weighted by atomic mass is 16.7. The first-order valence-electron chi connectivity index (χ1n) is 29.0. The lowest BCUT2D eigenvalue weighted by Crippen LogP contribution is -2.61. The Hall–Kier alpha value is -3.06. The zero-order chi connectivity index (χ0) is 51.8. The molecule has 0 aromatic heterocycles. The van der Waals surface area contributed by atoms with Gasteiger partial charge in [0, 0.05) is 19.3 Å². The molecular weight excluding hydrogens is 901 g/mol. The molecule has 6 atom stereocenters. The summed E-state index contributed by atoms with van der Waals surface area (Å²) in [6, 6.07) is 0. The zero-order valence-electron chi connectivity index (χ0n) is 45.2. The molecular formula is C59H104O12. The van der Waals surface area contributed by atoms with Crippen molar-refractivity contribution in [3.05, 3.63) is 36.5 Å². The summed E-state index contributed by atoms with van der Waals surface area (Å²) in [5.41, 5.74) is 0. The number of hydrogen-bond donors (Lipinski definition) is 3. The second kappa shape index (κ2) is 47.9. The maximum Gasteiger partial charge on any atom is 0.335 e. The van der Waals surface area contributed by atoms with Crippen LogP contribution in [0.5, 0.6) is 0 Å². The quantitative estimate of drug-likeness (QED) is 0.0228. The van der Waals surface area contributed by atoms with E-state index in [1.807, 2.05) is 0 Å². The zero-order valence-corrected chi connectivity index (χ0v) is 45.2. The van der Waals surface area contributed by atoms with Gasteiger partial charge in [0.15, 0.2) is 24.6 Å². The number of aliphatic hydroxyl groups is 2. The number of ether oxygens (including phenoxy) is 5. The Labute approximate surface area is 431 Å². The van der Waals surface area contributed by atoms with Crippen molar-refractivity contribution in [2.75, 3.05) is 13.2 Å². The number of esters is 3. The van der Waals surface area contributed by atoms with Gasteiger partial charge in [-0.3, -0.25) is 14.4 Å². The highest BCUT2D eigenvalue weighted by Crippen LogP contribution is 2.26. The number of aliphatic hydroxyl groups excluding tert-OH is 2. The Kier molecular flexibility index (Phi) is 44.5. The summed E-state index contributed by atoms with van der Waals surface area (Å²) in [5.74, 6) is -3.13. The van der Waals surface area contributed by atoms with E-state index in [1.54, 1.807) is 0 Å². The lowest BCUT2D eigenvalue weighted by atomic mass is 9.98. The number of allylic oxidation sites excluding steroid dienone is 6. The van der Waals surface area contributed by atoms with Crippen LogP contribution in [-0.4, -0.2) is 89.2 Å². The van der Waals surface area contributed by atoms with Crippen molar-refractivity contribution in [2.45, 2.75) is 302 Å². The van der Waals surface area contributed by atoms with Gasteiger partial charge in [-0.1, -0.05) is 198 Å². The molecule has 1 heterocycles. The summed E-state index contributed by atoms with van der Waals surface area (Å²) >= 11 is 0. The number of carboxylic acids is 1. The van der Waals surface area contributed by atoms with E-state index >= 15 is 0 Å². The highest BCUT2D eigenvalue weighted by Gasteiger charge is 2.50. The van der Waals surface area contributed by atoms with Gasteiger partial charge < -0.3 is 39.0 Å². The van der Waals surface area contributed by atoms with Crippen molar-refractivity contribution in [3.8, 4) is 0 Å². The summed E-state index contributed by atoms with van der Waals surface area (Å²) in [6.45, 7) is 5.90. The van der Waals surface area contributed by atoms with E-state index in [-0.39, 0.29) is 25.9 Å². The molecule has 0 aromatic carbocycles. The molecule has 1 saturated heterocycles. The molecule has 412 valence electrons. The first-order valence-corrected chi connectivity index (χ1v) is 29.0. The minimum absolute atomic E-state index is 0.0509. The molecule has 12 heteroatoms. The van der Waals surface area contributed by atoms with Crippen molar-refractivity contribution >= 4 is 23.9 Å². The van der Waals surface area contributed by atoms with E-state index in [9.17, 15) is 34.5 Å². The van der Waals surface area contributed by atoms with E-state index in [2.05, 4.69) is 57.2 Å². The van der Waals surface area contributed by atoms with Crippen molar-refractivity contribution in [2.24, 2.45) is 0 Å². The first-order chi connectivity index (χ1) is 34.6. The van der Waals surface area contributed by atoms with Crippen LogP contribution < -0.4 is 0 Å². The van der Waals surface area contributed by atoms with Gasteiger partial charge in [0.2, 0.25) is 0 Å². The number of aliphatic carboxylic acids is 1. The average molecular weight is 1010 g/mol. The van der Waals surface area contributed by atoms with E-state index in [0.29, 0.717) is 19.3 Å². The molecule has 3 N–H and O–H groups in total. The Morgan fingerprint density at radius 3 is 1.24 bits per heavy atom. The summed E-state index contributed by atoms with van der Waals surface area (Å²) < 4.78 is 28.3. The molecule has 0 radical (unpaired) electrons. The second-order valence-electron chi connectivity index (χ2n) is 19.9. The van der Waals surface area contributed by atoms with Crippen LogP contribution in [0.4, 0.5) is 0 Å². The van der Waals surface area contributed by atoms with Crippen LogP contribution in [0.25, 0.3) is 0 Å². The number of carbonyl (C=O) groups excluding carboxylic acids is 3. The SMILES string of the molecule is CCCC/C=C\CCCCCCCC(=O)OC(COC(=O)CCCCCCCCCCC/C=C\CCCCCCCC)COC1OC(C(=O)O)C(O)C(O)C1OC(=O)CCCCCCC/C=C\CCCC. The summed E-state index contributed by atoms with van der Waals surface area (Å²) in [5, 5.41) is 31.4. The third-order valence-electron chi connectivity index (χ3n) is 13.2. The first kappa shape index (κ1) is 66.0. The Balaban J connectivity index is 2.65. The van der Waals surface area contributed by atoms with Gasteiger partial charge >= 0.3 is 23.9 Å². The molecule has 0 aliphatic carbocycles.